The predicted octanol–water partition coefficient (Wildman–Crippen LogP) is 1.16. The van der Waals surface area contributed by atoms with E-state index in [4.69, 9.17) is 9.84 Å². The third kappa shape index (κ3) is 5.37. The molecule has 2 heteroatoms. The number of hydrogen-bond acceptors (Lipinski definition) is 2. The normalized spacial score (nSPS) is 12.7. The van der Waals surface area contributed by atoms with Gasteiger partial charge in [-0.1, -0.05) is 13.5 Å². The summed E-state index contributed by atoms with van der Waals surface area (Å²) in [6.45, 7) is 6.33. The lowest BCUT2D eigenvalue weighted by molar-refractivity contribution is 0.174. The van der Waals surface area contributed by atoms with Gasteiger partial charge in [0.2, 0.25) is 0 Å². The topological polar surface area (TPSA) is 29.5 Å². The minimum absolute atomic E-state index is 0.238. The van der Waals surface area contributed by atoms with Gasteiger partial charge in [-0.25, -0.2) is 0 Å². The maximum Gasteiger partial charge on any atom is 0.0899 e. The van der Waals surface area contributed by atoms with Gasteiger partial charge in [-0.15, -0.1) is 0 Å². The highest BCUT2D eigenvalue weighted by Gasteiger charge is 1.98. The van der Waals surface area contributed by atoms with Crippen LogP contribution in [0.25, 0.3) is 0 Å². The van der Waals surface area contributed by atoms with Gasteiger partial charge in [0.1, 0.15) is 0 Å². The van der Waals surface area contributed by atoms with Gasteiger partial charge >= 0.3 is 0 Å². The van der Waals surface area contributed by atoms with Crippen molar-refractivity contribution in [1.82, 2.24) is 0 Å². The molecule has 1 N–H and O–H groups in total. The summed E-state index contributed by atoms with van der Waals surface area (Å²) in [5, 5.41) is 8.45. The highest BCUT2D eigenvalue weighted by atomic mass is 16.5. The SMILES string of the molecule is C=COCC(C)CCO. The quantitative estimate of drug-likeness (QED) is 0.566. The minimum atomic E-state index is 0.238. The van der Waals surface area contributed by atoms with Crippen molar-refractivity contribution >= 4 is 0 Å². The van der Waals surface area contributed by atoms with Crippen LogP contribution in [0.15, 0.2) is 12.8 Å². The molecular formula is C7H14O2. The zero-order valence-corrected chi connectivity index (χ0v) is 5.84. The average Bonchev–Trinajstić information content (AvgIpc) is 1.85. The zero-order valence-electron chi connectivity index (χ0n) is 5.84. The van der Waals surface area contributed by atoms with Crippen LogP contribution < -0.4 is 0 Å². The Balaban J connectivity index is 3.04. The maximum absolute atomic E-state index is 8.45. The molecule has 0 heterocycles. The molecule has 0 aliphatic carbocycles. The smallest absolute Gasteiger partial charge is 0.0899 e. The van der Waals surface area contributed by atoms with Gasteiger partial charge in [0, 0.05) is 6.61 Å². The Morgan fingerprint density at radius 3 is 2.89 bits per heavy atom. The Morgan fingerprint density at radius 2 is 2.44 bits per heavy atom. The van der Waals surface area contributed by atoms with E-state index in [1.807, 2.05) is 6.92 Å². The van der Waals surface area contributed by atoms with Crippen molar-refractivity contribution in [2.45, 2.75) is 13.3 Å². The Kier molecular flexibility index (Phi) is 5.32. The van der Waals surface area contributed by atoms with Gasteiger partial charge < -0.3 is 9.84 Å². The second kappa shape index (κ2) is 5.63. The number of rotatable bonds is 5. The molecule has 0 bridgehead atoms. The molecule has 0 aromatic heterocycles. The minimum Gasteiger partial charge on any atom is -0.502 e. The van der Waals surface area contributed by atoms with Gasteiger partial charge in [0.05, 0.1) is 12.9 Å². The van der Waals surface area contributed by atoms with E-state index in [0.29, 0.717) is 12.5 Å². The number of aliphatic hydroxyl groups excluding tert-OH is 1. The standard InChI is InChI=1S/C7H14O2/c1-3-9-6-7(2)4-5-8/h3,7-8H,1,4-6H2,2H3. The fraction of sp³-hybridized carbons (Fsp3) is 0.714. The van der Waals surface area contributed by atoms with E-state index >= 15 is 0 Å². The van der Waals surface area contributed by atoms with Crippen molar-refractivity contribution in [3.8, 4) is 0 Å². The molecule has 0 rings (SSSR count). The Morgan fingerprint density at radius 1 is 1.78 bits per heavy atom. The van der Waals surface area contributed by atoms with Crippen molar-refractivity contribution in [2.75, 3.05) is 13.2 Å². The van der Waals surface area contributed by atoms with E-state index < -0.39 is 0 Å². The second-order valence-electron chi connectivity index (χ2n) is 2.12. The number of hydrogen-bond donors (Lipinski definition) is 1. The molecule has 0 saturated heterocycles. The average molecular weight is 130 g/mol. The second-order valence-corrected chi connectivity index (χ2v) is 2.12. The summed E-state index contributed by atoms with van der Waals surface area (Å²) < 4.78 is 4.90. The van der Waals surface area contributed by atoms with Crippen molar-refractivity contribution in [2.24, 2.45) is 5.92 Å². The van der Waals surface area contributed by atoms with Crippen LogP contribution in [0.4, 0.5) is 0 Å². The van der Waals surface area contributed by atoms with Crippen LogP contribution in [-0.2, 0) is 4.74 Å². The molecule has 1 atom stereocenters. The van der Waals surface area contributed by atoms with Crippen LogP contribution >= 0.6 is 0 Å². The Hall–Kier alpha value is -0.500. The molecular weight excluding hydrogens is 116 g/mol. The molecule has 0 saturated carbocycles. The van der Waals surface area contributed by atoms with Gasteiger partial charge in [-0.05, 0) is 12.3 Å². The first-order valence-corrected chi connectivity index (χ1v) is 3.14. The van der Waals surface area contributed by atoms with Crippen molar-refractivity contribution < 1.29 is 9.84 Å². The molecule has 0 amide bonds. The summed E-state index contributed by atoms with van der Waals surface area (Å²) in [7, 11) is 0. The molecule has 0 aromatic rings. The van der Waals surface area contributed by atoms with E-state index in [2.05, 4.69) is 6.58 Å². The first-order chi connectivity index (χ1) is 4.31. The van der Waals surface area contributed by atoms with E-state index in [1.54, 1.807) is 0 Å². The van der Waals surface area contributed by atoms with Gasteiger partial charge in [0.15, 0.2) is 0 Å². The lowest BCUT2D eigenvalue weighted by atomic mass is 10.1. The van der Waals surface area contributed by atoms with Gasteiger partial charge in [0.25, 0.3) is 0 Å². The molecule has 0 aliphatic rings. The van der Waals surface area contributed by atoms with Gasteiger partial charge in [-0.2, -0.15) is 0 Å². The van der Waals surface area contributed by atoms with E-state index in [9.17, 15) is 0 Å². The summed E-state index contributed by atoms with van der Waals surface area (Å²) in [6, 6.07) is 0. The molecule has 0 spiro atoms. The largest absolute Gasteiger partial charge is 0.502 e. The van der Waals surface area contributed by atoms with Gasteiger partial charge in [-0.3, -0.25) is 0 Å². The van der Waals surface area contributed by atoms with Crippen molar-refractivity contribution in [3.05, 3.63) is 12.8 Å². The van der Waals surface area contributed by atoms with Crippen LogP contribution in [0.3, 0.4) is 0 Å². The van der Waals surface area contributed by atoms with Crippen LogP contribution in [0.2, 0.25) is 0 Å². The molecule has 54 valence electrons. The molecule has 0 fully saturated rings. The Labute approximate surface area is 56.1 Å². The van der Waals surface area contributed by atoms with E-state index in [-0.39, 0.29) is 6.61 Å². The summed E-state index contributed by atoms with van der Waals surface area (Å²) >= 11 is 0. The molecule has 0 aliphatic heterocycles. The molecule has 2 nitrogen and oxygen atoms in total. The third-order valence-corrected chi connectivity index (χ3v) is 1.12. The van der Waals surface area contributed by atoms with Crippen LogP contribution in [0.5, 0.6) is 0 Å². The first kappa shape index (κ1) is 8.50. The van der Waals surface area contributed by atoms with Crippen molar-refractivity contribution in [1.29, 1.82) is 0 Å². The lowest BCUT2D eigenvalue weighted by Crippen LogP contribution is -2.04. The zero-order chi connectivity index (χ0) is 7.11. The molecule has 9 heavy (non-hydrogen) atoms. The van der Waals surface area contributed by atoms with E-state index in [0.717, 1.165) is 6.42 Å². The van der Waals surface area contributed by atoms with Crippen LogP contribution in [0, 0.1) is 5.92 Å². The highest BCUT2D eigenvalue weighted by Crippen LogP contribution is 2.00. The maximum atomic E-state index is 8.45. The van der Waals surface area contributed by atoms with Crippen LogP contribution in [0.1, 0.15) is 13.3 Å². The molecule has 1 unspecified atom stereocenters. The van der Waals surface area contributed by atoms with Crippen molar-refractivity contribution in [3.63, 3.8) is 0 Å². The molecule has 0 radical (unpaired) electrons. The summed E-state index contributed by atoms with van der Waals surface area (Å²) in [6.07, 6.45) is 2.22. The fourth-order valence-electron chi connectivity index (χ4n) is 0.536. The predicted molar refractivity (Wildman–Crippen MR) is 37.0 cm³/mol. The monoisotopic (exact) mass is 130 g/mol. The summed E-state index contributed by atoms with van der Waals surface area (Å²) in [5.41, 5.74) is 0. The first-order valence-electron chi connectivity index (χ1n) is 3.14. The summed E-state index contributed by atoms with van der Waals surface area (Å²) in [5.74, 6) is 0.424. The lowest BCUT2D eigenvalue weighted by Gasteiger charge is -2.07. The Bertz CT molecular complexity index is 71.3. The highest BCUT2D eigenvalue weighted by molar-refractivity contribution is 4.54. The number of ether oxygens (including phenoxy) is 1. The summed E-state index contributed by atoms with van der Waals surface area (Å²) in [4.78, 5) is 0. The van der Waals surface area contributed by atoms with Crippen LogP contribution in [-0.4, -0.2) is 18.3 Å². The van der Waals surface area contributed by atoms with E-state index in [1.165, 1.54) is 6.26 Å². The molecule has 0 aromatic carbocycles. The number of aliphatic hydroxyl groups is 1. The third-order valence-electron chi connectivity index (χ3n) is 1.12. The fourth-order valence-corrected chi connectivity index (χ4v) is 0.536.